The minimum absolute atomic E-state index is 0.0767. The summed E-state index contributed by atoms with van der Waals surface area (Å²) in [6.07, 6.45) is -0.278. The third-order valence-electron chi connectivity index (χ3n) is 5.00. The lowest BCUT2D eigenvalue weighted by molar-refractivity contribution is -0.152. The van der Waals surface area contributed by atoms with E-state index in [1.807, 2.05) is 0 Å². The van der Waals surface area contributed by atoms with Crippen LogP contribution in [-0.2, 0) is 35.1 Å². The van der Waals surface area contributed by atoms with Gasteiger partial charge in [0.05, 0.1) is 23.9 Å². The Balaban J connectivity index is 3.17. The smallest absolute Gasteiger partial charge is 0.323 e. The molecule has 0 amide bonds. The van der Waals surface area contributed by atoms with E-state index in [-0.39, 0.29) is 36.4 Å². The van der Waals surface area contributed by atoms with Crippen LogP contribution in [0.25, 0.3) is 0 Å². The van der Waals surface area contributed by atoms with Crippen LogP contribution in [0.2, 0.25) is 0 Å². The molecule has 0 aliphatic rings. The monoisotopic (exact) mass is 507 g/mol. The predicted molar refractivity (Wildman–Crippen MR) is 135 cm³/mol. The Kier molecular flexibility index (Phi) is 11.1. The van der Waals surface area contributed by atoms with Crippen LogP contribution in [0.3, 0.4) is 0 Å². The van der Waals surface area contributed by atoms with E-state index in [0.717, 1.165) is 0 Å². The summed E-state index contributed by atoms with van der Waals surface area (Å²) < 4.78 is 21.4. The van der Waals surface area contributed by atoms with Crippen LogP contribution in [0.5, 0.6) is 11.5 Å². The number of methoxy groups -OCH3 is 1. The highest BCUT2D eigenvalue weighted by molar-refractivity contribution is 5.81. The summed E-state index contributed by atoms with van der Waals surface area (Å²) in [5, 5.41) is 3.07. The Morgan fingerprint density at radius 2 is 1.36 bits per heavy atom. The molecule has 0 bridgehead atoms. The molecular formula is C27H41NO8. The van der Waals surface area contributed by atoms with Crippen LogP contribution in [0.15, 0.2) is 18.2 Å². The lowest BCUT2D eigenvalue weighted by Gasteiger charge is -2.22. The fourth-order valence-electron chi connectivity index (χ4n) is 2.65. The average molecular weight is 508 g/mol. The van der Waals surface area contributed by atoms with E-state index in [1.54, 1.807) is 74.4 Å². The lowest BCUT2D eigenvalue weighted by Crippen LogP contribution is -2.43. The molecule has 1 N–H and O–H groups in total. The van der Waals surface area contributed by atoms with Crippen LogP contribution in [-0.4, -0.2) is 49.7 Å². The summed E-state index contributed by atoms with van der Waals surface area (Å²) in [5.41, 5.74) is -0.919. The molecule has 0 saturated carbocycles. The van der Waals surface area contributed by atoms with E-state index in [0.29, 0.717) is 5.56 Å². The van der Waals surface area contributed by atoms with Gasteiger partial charge in [0.15, 0.2) is 11.5 Å². The highest BCUT2D eigenvalue weighted by Gasteiger charge is 2.29. The minimum Gasteiger partial charge on any atom is -0.468 e. The fraction of sp³-hybridized carbons (Fsp3) is 0.630. The van der Waals surface area contributed by atoms with E-state index >= 15 is 0 Å². The van der Waals surface area contributed by atoms with Crippen LogP contribution in [0.1, 0.15) is 67.9 Å². The van der Waals surface area contributed by atoms with Crippen molar-refractivity contribution in [2.45, 2.75) is 80.9 Å². The fourth-order valence-corrected chi connectivity index (χ4v) is 2.65. The Bertz CT molecular complexity index is 940. The molecular weight excluding hydrogens is 466 g/mol. The number of carbonyl (C=O) groups is 4. The second kappa shape index (κ2) is 12.9. The van der Waals surface area contributed by atoms with Gasteiger partial charge in [-0.25, -0.2) is 0 Å². The van der Waals surface area contributed by atoms with Gasteiger partial charge in [0, 0.05) is 6.54 Å². The van der Waals surface area contributed by atoms with E-state index < -0.39 is 40.9 Å². The number of hydrogen-bond donors (Lipinski definition) is 1. The minimum atomic E-state index is -0.791. The van der Waals surface area contributed by atoms with Crippen molar-refractivity contribution >= 4 is 23.9 Å². The van der Waals surface area contributed by atoms with E-state index in [4.69, 9.17) is 18.9 Å². The SMILES string of the molecule is COC(=O)[C@H](Cc1ccc(OC(=O)C(C)(C)C)c(OC(=O)C(C)(C)C)c1)NCC(C)OC(=O)C(C)C. The van der Waals surface area contributed by atoms with Crippen molar-refractivity contribution in [1.82, 2.24) is 5.32 Å². The molecule has 1 unspecified atom stereocenters. The summed E-state index contributed by atoms with van der Waals surface area (Å²) in [5.74, 6) is -1.90. The molecule has 0 aliphatic carbocycles. The molecule has 0 aliphatic heterocycles. The Morgan fingerprint density at radius 1 is 0.833 bits per heavy atom. The third kappa shape index (κ3) is 9.97. The van der Waals surface area contributed by atoms with Gasteiger partial charge in [-0.15, -0.1) is 0 Å². The number of hydrogen-bond acceptors (Lipinski definition) is 9. The molecule has 0 saturated heterocycles. The molecule has 36 heavy (non-hydrogen) atoms. The number of esters is 4. The molecule has 2 atom stereocenters. The predicted octanol–water partition coefficient (Wildman–Crippen LogP) is 3.85. The average Bonchev–Trinajstić information content (AvgIpc) is 2.75. The molecule has 202 valence electrons. The maximum absolute atomic E-state index is 12.6. The van der Waals surface area contributed by atoms with Gasteiger partial charge in [-0.1, -0.05) is 19.9 Å². The molecule has 0 spiro atoms. The van der Waals surface area contributed by atoms with Gasteiger partial charge >= 0.3 is 23.9 Å². The zero-order valence-corrected chi connectivity index (χ0v) is 23.1. The van der Waals surface area contributed by atoms with Crippen LogP contribution < -0.4 is 14.8 Å². The molecule has 1 aromatic carbocycles. The van der Waals surface area contributed by atoms with E-state index in [9.17, 15) is 19.2 Å². The first-order valence-electron chi connectivity index (χ1n) is 12.0. The Labute approximate surface area is 214 Å². The summed E-state index contributed by atoms with van der Waals surface area (Å²) in [4.78, 5) is 49.3. The first-order chi connectivity index (χ1) is 16.4. The highest BCUT2D eigenvalue weighted by Crippen LogP contribution is 2.33. The zero-order chi connectivity index (χ0) is 27.8. The normalized spacial score (nSPS) is 13.5. The topological polar surface area (TPSA) is 117 Å². The van der Waals surface area contributed by atoms with Crippen molar-refractivity contribution in [3.05, 3.63) is 23.8 Å². The van der Waals surface area contributed by atoms with Gasteiger partial charge < -0.3 is 24.3 Å². The molecule has 9 nitrogen and oxygen atoms in total. The number of ether oxygens (including phenoxy) is 4. The maximum Gasteiger partial charge on any atom is 0.323 e. The van der Waals surface area contributed by atoms with E-state index in [2.05, 4.69) is 5.32 Å². The van der Waals surface area contributed by atoms with Gasteiger partial charge in [-0.3, -0.25) is 19.2 Å². The van der Waals surface area contributed by atoms with Gasteiger partial charge in [0.1, 0.15) is 12.1 Å². The molecule has 0 radical (unpaired) electrons. The van der Waals surface area contributed by atoms with Crippen molar-refractivity contribution in [2.75, 3.05) is 13.7 Å². The quantitative estimate of drug-likeness (QED) is 0.372. The van der Waals surface area contributed by atoms with Crippen molar-refractivity contribution < 1.29 is 38.1 Å². The first-order valence-corrected chi connectivity index (χ1v) is 12.0. The van der Waals surface area contributed by atoms with Crippen LogP contribution >= 0.6 is 0 Å². The van der Waals surface area contributed by atoms with Crippen LogP contribution in [0, 0.1) is 16.7 Å². The van der Waals surface area contributed by atoms with Crippen molar-refractivity contribution in [3.63, 3.8) is 0 Å². The molecule has 0 heterocycles. The Hall–Kier alpha value is -2.94. The van der Waals surface area contributed by atoms with Crippen molar-refractivity contribution in [3.8, 4) is 11.5 Å². The molecule has 0 fully saturated rings. The van der Waals surface area contributed by atoms with Gasteiger partial charge in [0.25, 0.3) is 0 Å². The number of nitrogens with one attached hydrogen (secondary N) is 1. The molecule has 1 aromatic rings. The number of carbonyl (C=O) groups excluding carboxylic acids is 4. The van der Waals surface area contributed by atoms with E-state index in [1.165, 1.54) is 13.2 Å². The summed E-state index contributed by atoms with van der Waals surface area (Å²) in [6.45, 7) is 15.7. The molecule has 0 aromatic heterocycles. The van der Waals surface area contributed by atoms with Gasteiger partial charge in [-0.2, -0.15) is 0 Å². The Morgan fingerprint density at radius 3 is 1.83 bits per heavy atom. The highest BCUT2D eigenvalue weighted by atomic mass is 16.6. The first kappa shape index (κ1) is 31.1. The third-order valence-corrected chi connectivity index (χ3v) is 5.00. The van der Waals surface area contributed by atoms with Crippen LogP contribution in [0.4, 0.5) is 0 Å². The summed E-state index contributed by atoms with van der Waals surface area (Å²) in [7, 11) is 1.28. The maximum atomic E-state index is 12.6. The van der Waals surface area contributed by atoms with Crippen molar-refractivity contribution in [1.29, 1.82) is 0 Å². The second-order valence-electron chi connectivity index (χ2n) is 11.2. The number of benzene rings is 1. The molecule has 1 rings (SSSR count). The van der Waals surface area contributed by atoms with Gasteiger partial charge in [-0.05, 0) is 72.6 Å². The van der Waals surface area contributed by atoms with Crippen molar-refractivity contribution in [2.24, 2.45) is 16.7 Å². The lowest BCUT2D eigenvalue weighted by atomic mass is 9.97. The zero-order valence-electron chi connectivity index (χ0n) is 23.1. The summed E-state index contributed by atoms with van der Waals surface area (Å²) >= 11 is 0. The second-order valence-corrected chi connectivity index (χ2v) is 11.2. The largest absolute Gasteiger partial charge is 0.468 e. The summed E-state index contributed by atoms with van der Waals surface area (Å²) in [6, 6.07) is 4.02. The number of rotatable bonds is 10. The molecule has 9 heteroatoms. The van der Waals surface area contributed by atoms with Gasteiger partial charge in [0.2, 0.25) is 0 Å². The standard InChI is InChI=1S/C27H41NO8/c1-16(2)22(29)34-17(3)15-28-19(23(30)33-10)13-18-11-12-20(35-24(31)26(4,5)6)21(14-18)36-25(32)27(7,8)9/h11-12,14,16-17,19,28H,13,15H2,1-10H3/t17?,19-/m0/s1.